The van der Waals surface area contributed by atoms with Crippen molar-refractivity contribution in [2.24, 2.45) is 5.10 Å². The fourth-order valence-corrected chi connectivity index (χ4v) is 4.71. The van der Waals surface area contributed by atoms with Crippen molar-refractivity contribution in [2.75, 3.05) is 18.1 Å². The minimum atomic E-state index is -3.71. The van der Waals surface area contributed by atoms with Gasteiger partial charge in [-0.25, -0.2) is 13.8 Å². The molecular weight excluding hydrogens is 510 g/mol. The first-order chi connectivity index (χ1) is 15.8. The number of amides is 1. The van der Waals surface area contributed by atoms with Crippen LogP contribution in [0, 0.1) is 6.92 Å². The first-order valence-electron chi connectivity index (χ1n) is 9.84. The number of sulfonamides is 1. The van der Waals surface area contributed by atoms with E-state index in [2.05, 4.69) is 26.5 Å². The largest absolute Gasteiger partial charge is 0.454 e. The van der Waals surface area contributed by atoms with Gasteiger partial charge in [0.15, 0.2) is 11.5 Å². The molecule has 0 radical (unpaired) electrons. The lowest BCUT2D eigenvalue weighted by molar-refractivity contribution is 0.0955. The van der Waals surface area contributed by atoms with E-state index >= 15 is 0 Å². The van der Waals surface area contributed by atoms with Crippen LogP contribution in [0.1, 0.15) is 21.5 Å². The number of carbonyl (C=O) groups is 1. The predicted molar refractivity (Wildman–Crippen MR) is 129 cm³/mol. The second-order valence-corrected chi connectivity index (χ2v) is 10.1. The highest BCUT2D eigenvalue weighted by molar-refractivity contribution is 9.10. The minimum absolute atomic E-state index is 0.163. The lowest BCUT2D eigenvalue weighted by Crippen LogP contribution is -2.26. The Balaban J connectivity index is 1.43. The van der Waals surface area contributed by atoms with E-state index in [1.54, 1.807) is 48.5 Å². The summed E-state index contributed by atoms with van der Waals surface area (Å²) < 4.78 is 38.2. The van der Waals surface area contributed by atoms with Crippen LogP contribution in [0.15, 0.2) is 75.1 Å². The lowest BCUT2D eigenvalue weighted by Gasteiger charge is -2.19. The van der Waals surface area contributed by atoms with Crippen molar-refractivity contribution in [3.05, 3.63) is 81.8 Å². The van der Waals surface area contributed by atoms with Crippen LogP contribution in [0.2, 0.25) is 0 Å². The fraction of sp³-hybridized carbons (Fsp3) is 0.130. The van der Waals surface area contributed by atoms with Crippen molar-refractivity contribution in [3.63, 3.8) is 0 Å². The average molecular weight is 530 g/mol. The molecule has 10 heteroatoms. The predicted octanol–water partition coefficient (Wildman–Crippen LogP) is 4.08. The van der Waals surface area contributed by atoms with Crippen LogP contribution in [-0.4, -0.2) is 34.4 Å². The number of halogens is 1. The summed E-state index contributed by atoms with van der Waals surface area (Å²) in [4.78, 5) is 12.6. The van der Waals surface area contributed by atoms with Crippen molar-refractivity contribution in [2.45, 2.75) is 11.8 Å². The van der Waals surface area contributed by atoms with Gasteiger partial charge in [-0.15, -0.1) is 0 Å². The number of benzene rings is 3. The molecule has 33 heavy (non-hydrogen) atoms. The Morgan fingerprint density at radius 1 is 1.06 bits per heavy atom. The molecule has 4 rings (SSSR count). The van der Waals surface area contributed by atoms with E-state index in [1.807, 2.05) is 6.92 Å². The minimum Gasteiger partial charge on any atom is -0.454 e. The number of ether oxygens (including phenoxy) is 2. The third-order valence-corrected chi connectivity index (χ3v) is 7.52. The van der Waals surface area contributed by atoms with Crippen molar-refractivity contribution in [3.8, 4) is 11.5 Å². The quantitative estimate of drug-likeness (QED) is 0.383. The van der Waals surface area contributed by atoms with Crippen molar-refractivity contribution in [1.29, 1.82) is 0 Å². The van der Waals surface area contributed by atoms with Crippen LogP contribution in [0.25, 0.3) is 0 Å². The molecule has 1 amide bonds. The fourth-order valence-electron chi connectivity index (χ4n) is 3.09. The third-order valence-electron chi connectivity index (χ3n) is 5.03. The highest BCUT2D eigenvalue weighted by atomic mass is 79.9. The summed E-state index contributed by atoms with van der Waals surface area (Å²) in [5.74, 6) is 0.808. The number of carbonyl (C=O) groups excluding carboxylic acids is 1. The SMILES string of the molecule is Cc1ccc(S(=O)(=O)N(C)c2ccc(C(=O)N/N=C\c3cc4c(cc3Br)OCO4)cc2)cc1. The Kier molecular flexibility index (Phi) is 6.39. The molecular formula is C23H20BrN3O5S. The summed E-state index contributed by atoms with van der Waals surface area (Å²) in [6.45, 7) is 2.05. The normalized spacial score (nSPS) is 12.7. The Bertz CT molecular complexity index is 1320. The Labute approximate surface area is 200 Å². The van der Waals surface area contributed by atoms with Gasteiger partial charge in [0.2, 0.25) is 6.79 Å². The molecule has 0 bridgehead atoms. The molecule has 1 aliphatic rings. The molecule has 0 spiro atoms. The van der Waals surface area contributed by atoms with Crippen molar-refractivity contribution < 1.29 is 22.7 Å². The number of anilines is 1. The van der Waals surface area contributed by atoms with Gasteiger partial charge < -0.3 is 9.47 Å². The second kappa shape index (κ2) is 9.24. The maximum atomic E-state index is 12.8. The zero-order valence-electron chi connectivity index (χ0n) is 17.8. The molecule has 0 saturated carbocycles. The van der Waals surface area contributed by atoms with Gasteiger partial charge in [0.05, 0.1) is 16.8 Å². The molecule has 1 heterocycles. The molecule has 0 saturated heterocycles. The zero-order chi connectivity index (χ0) is 23.6. The monoisotopic (exact) mass is 529 g/mol. The Morgan fingerprint density at radius 3 is 2.36 bits per heavy atom. The van der Waals surface area contributed by atoms with E-state index in [-0.39, 0.29) is 11.7 Å². The van der Waals surface area contributed by atoms with Crippen LogP contribution in [0.4, 0.5) is 5.69 Å². The Hall–Kier alpha value is -3.37. The summed E-state index contributed by atoms with van der Waals surface area (Å²) in [5.41, 5.74) is 4.90. The smallest absolute Gasteiger partial charge is 0.271 e. The molecule has 170 valence electrons. The van der Waals surface area contributed by atoms with Crippen LogP contribution in [0.5, 0.6) is 11.5 Å². The number of hydrazone groups is 1. The van der Waals surface area contributed by atoms with E-state index in [4.69, 9.17) is 9.47 Å². The molecule has 0 aliphatic carbocycles. The lowest BCUT2D eigenvalue weighted by atomic mass is 10.2. The summed E-state index contributed by atoms with van der Waals surface area (Å²) in [7, 11) is -2.24. The standard InChI is InChI=1S/C23H20BrN3O5S/c1-15-3-9-19(10-4-15)33(29,30)27(2)18-7-5-16(6-8-18)23(28)26-25-13-17-11-21-22(12-20(17)24)32-14-31-21/h3-13H,14H2,1-2H3,(H,26,28)/b25-13-. The summed E-state index contributed by atoms with van der Waals surface area (Å²) in [5, 5.41) is 3.99. The first-order valence-corrected chi connectivity index (χ1v) is 12.1. The average Bonchev–Trinajstić information content (AvgIpc) is 3.26. The number of nitrogens with zero attached hydrogens (tertiary/aromatic N) is 2. The Morgan fingerprint density at radius 2 is 1.70 bits per heavy atom. The van der Waals surface area contributed by atoms with Crippen LogP contribution in [-0.2, 0) is 10.0 Å². The summed E-state index contributed by atoms with van der Waals surface area (Å²) in [6, 6.07) is 16.4. The number of hydrogen-bond acceptors (Lipinski definition) is 6. The van der Waals surface area contributed by atoms with Gasteiger partial charge in [0, 0.05) is 22.6 Å². The molecule has 1 N–H and O–H groups in total. The summed E-state index contributed by atoms with van der Waals surface area (Å²) in [6.07, 6.45) is 1.49. The van der Waals surface area contributed by atoms with E-state index in [0.29, 0.717) is 28.3 Å². The van der Waals surface area contributed by atoms with E-state index in [0.717, 1.165) is 10.0 Å². The zero-order valence-corrected chi connectivity index (χ0v) is 20.2. The highest BCUT2D eigenvalue weighted by Crippen LogP contribution is 2.36. The van der Waals surface area contributed by atoms with E-state index in [9.17, 15) is 13.2 Å². The maximum Gasteiger partial charge on any atom is 0.271 e. The first kappa shape index (κ1) is 22.8. The number of fused-ring (bicyclic) bond motifs is 1. The van der Waals surface area contributed by atoms with Gasteiger partial charge in [0.1, 0.15) is 0 Å². The highest BCUT2D eigenvalue weighted by Gasteiger charge is 2.21. The molecule has 0 atom stereocenters. The van der Waals surface area contributed by atoms with Gasteiger partial charge in [-0.05, 0) is 71.4 Å². The second-order valence-electron chi connectivity index (χ2n) is 7.26. The number of hydrogen-bond donors (Lipinski definition) is 1. The molecule has 0 aromatic heterocycles. The number of aryl methyl sites for hydroxylation is 1. The van der Waals surface area contributed by atoms with Crippen LogP contribution in [0.3, 0.4) is 0 Å². The molecule has 8 nitrogen and oxygen atoms in total. The third kappa shape index (κ3) is 4.86. The molecule has 3 aromatic carbocycles. The van der Waals surface area contributed by atoms with Crippen molar-refractivity contribution in [1.82, 2.24) is 5.43 Å². The van der Waals surface area contributed by atoms with Gasteiger partial charge >= 0.3 is 0 Å². The molecule has 0 unspecified atom stereocenters. The van der Waals surface area contributed by atoms with Gasteiger partial charge in [-0.3, -0.25) is 9.10 Å². The van der Waals surface area contributed by atoms with Gasteiger partial charge in [-0.1, -0.05) is 17.7 Å². The van der Waals surface area contributed by atoms with Crippen LogP contribution < -0.4 is 19.2 Å². The number of nitrogens with one attached hydrogen (secondary N) is 1. The molecule has 0 fully saturated rings. The van der Waals surface area contributed by atoms with E-state index in [1.165, 1.54) is 29.7 Å². The number of rotatable bonds is 6. The molecule has 1 aliphatic heterocycles. The topological polar surface area (TPSA) is 97.3 Å². The van der Waals surface area contributed by atoms with Crippen LogP contribution >= 0.6 is 15.9 Å². The van der Waals surface area contributed by atoms with Gasteiger partial charge in [-0.2, -0.15) is 5.10 Å². The maximum absolute atomic E-state index is 12.8. The van der Waals surface area contributed by atoms with Gasteiger partial charge in [0.25, 0.3) is 15.9 Å². The molecule has 3 aromatic rings. The van der Waals surface area contributed by atoms with E-state index < -0.39 is 15.9 Å². The summed E-state index contributed by atoms with van der Waals surface area (Å²) >= 11 is 3.43. The van der Waals surface area contributed by atoms with Crippen molar-refractivity contribution >= 4 is 43.8 Å².